The molecule has 1 N–H and O–H groups in total. The smallest absolute Gasteiger partial charge is 0.270 e. The van der Waals surface area contributed by atoms with Crippen molar-refractivity contribution in [2.75, 3.05) is 20.6 Å². The zero-order chi connectivity index (χ0) is 13.7. The van der Waals surface area contributed by atoms with Gasteiger partial charge in [-0.1, -0.05) is 19.9 Å². The van der Waals surface area contributed by atoms with Crippen LogP contribution in [0.15, 0.2) is 22.8 Å². The SMILES string of the molecule is CC(C)C(CN(C)C)NC(=O)c1cccc(Br)n1. The van der Waals surface area contributed by atoms with Crippen LogP contribution in [0.4, 0.5) is 0 Å². The maximum atomic E-state index is 12.1. The Balaban J connectivity index is 2.72. The summed E-state index contributed by atoms with van der Waals surface area (Å²) in [5, 5.41) is 3.03. The zero-order valence-electron chi connectivity index (χ0n) is 11.3. The molecule has 1 rings (SSSR count). The van der Waals surface area contributed by atoms with Crippen LogP contribution in [0.2, 0.25) is 0 Å². The molecule has 0 aromatic carbocycles. The van der Waals surface area contributed by atoms with Gasteiger partial charge in [-0.2, -0.15) is 0 Å². The van der Waals surface area contributed by atoms with Crippen molar-refractivity contribution in [3.8, 4) is 0 Å². The van der Waals surface area contributed by atoms with Gasteiger partial charge in [0.1, 0.15) is 10.3 Å². The second-order valence-electron chi connectivity index (χ2n) is 4.93. The number of carbonyl (C=O) groups excluding carboxylic acids is 1. The molecule has 1 amide bonds. The van der Waals surface area contributed by atoms with Crippen molar-refractivity contribution < 1.29 is 4.79 Å². The monoisotopic (exact) mass is 313 g/mol. The number of nitrogens with one attached hydrogen (secondary N) is 1. The first kappa shape index (κ1) is 15.1. The number of hydrogen-bond acceptors (Lipinski definition) is 3. The topological polar surface area (TPSA) is 45.2 Å². The van der Waals surface area contributed by atoms with Gasteiger partial charge in [-0.15, -0.1) is 0 Å². The van der Waals surface area contributed by atoms with E-state index in [1.807, 2.05) is 20.2 Å². The first-order valence-electron chi connectivity index (χ1n) is 5.98. The van der Waals surface area contributed by atoms with E-state index in [0.717, 1.165) is 6.54 Å². The standard InChI is InChI=1S/C13H20BrN3O/c1-9(2)11(8-17(3)4)16-13(18)10-6-5-7-12(14)15-10/h5-7,9,11H,8H2,1-4H3,(H,16,18). The van der Waals surface area contributed by atoms with Gasteiger partial charge in [-0.25, -0.2) is 4.98 Å². The molecular weight excluding hydrogens is 294 g/mol. The Morgan fingerprint density at radius 1 is 1.44 bits per heavy atom. The molecule has 0 aliphatic carbocycles. The first-order valence-corrected chi connectivity index (χ1v) is 6.77. The molecule has 0 radical (unpaired) electrons. The van der Waals surface area contributed by atoms with Gasteiger partial charge >= 0.3 is 0 Å². The van der Waals surface area contributed by atoms with Crippen LogP contribution >= 0.6 is 15.9 Å². The lowest BCUT2D eigenvalue weighted by molar-refractivity contribution is 0.0911. The van der Waals surface area contributed by atoms with Crippen LogP contribution in [0.25, 0.3) is 0 Å². The summed E-state index contributed by atoms with van der Waals surface area (Å²) in [6.07, 6.45) is 0. The van der Waals surface area contributed by atoms with Gasteiger partial charge in [0.05, 0.1) is 0 Å². The lowest BCUT2D eigenvalue weighted by Gasteiger charge is -2.25. The minimum absolute atomic E-state index is 0.119. The molecule has 0 aliphatic heterocycles. The molecule has 18 heavy (non-hydrogen) atoms. The lowest BCUT2D eigenvalue weighted by atomic mass is 10.0. The van der Waals surface area contributed by atoms with Crippen LogP contribution in [-0.4, -0.2) is 42.5 Å². The highest BCUT2D eigenvalue weighted by atomic mass is 79.9. The number of rotatable bonds is 5. The average Bonchev–Trinajstić information content (AvgIpc) is 2.27. The van der Waals surface area contributed by atoms with E-state index in [0.29, 0.717) is 16.2 Å². The maximum absolute atomic E-state index is 12.1. The van der Waals surface area contributed by atoms with Gasteiger partial charge in [-0.3, -0.25) is 4.79 Å². The number of likely N-dealkylation sites (N-methyl/N-ethyl adjacent to an activating group) is 1. The molecule has 0 fully saturated rings. The largest absolute Gasteiger partial charge is 0.346 e. The fourth-order valence-electron chi connectivity index (χ4n) is 1.59. The van der Waals surface area contributed by atoms with Crippen LogP contribution in [-0.2, 0) is 0 Å². The summed E-state index contributed by atoms with van der Waals surface area (Å²) in [4.78, 5) is 18.3. The number of halogens is 1. The molecule has 1 aromatic heterocycles. The molecule has 0 spiro atoms. The van der Waals surface area contributed by atoms with Gasteiger partial charge in [-0.05, 0) is 48.1 Å². The lowest BCUT2D eigenvalue weighted by Crippen LogP contribution is -2.45. The molecule has 1 heterocycles. The maximum Gasteiger partial charge on any atom is 0.270 e. The fraction of sp³-hybridized carbons (Fsp3) is 0.538. The van der Waals surface area contributed by atoms with Gasteiger partial charge < -0.3 is 10.2 Å². The summed E-state index contributed by atoms with van der Waals surface area (Å²) < 4.78 is 0.670. The van der Waals surface area contributed by atoms with Crippen LogP contribution < -0.4 is 5.32 Å². The number of aromatic nitrogens is 1. The minimum atomic E-state index is -0.128. The Labute approximate surface area is 117 Å². The normalized spacial score (nSPS) is 12.8. The Bertz CT molecular complexity index is 407. The van der Waals surface area contributed by atoms with Crippen molar-refractivity contribution >= 4 is 21.8 Å². The molecule has 0 saturated heterocycles. The Morgan fingerprint density at radius 2 is 2.11 bits per heavy atom. The second kappa shape index (κ2) is 6.85. The van der Waals surface area contributed by atoms with E-state index in [-0.39, 0.29) is 11.9 Å². The fourth-order valence-corrected chi connectivity index (χ4v) is 1.94. The van der Waals surface area contributed by atoms with Crippen molar-refractivity contribution in [1.82, 2.24) is 15.2 Å². The van der Waals surface area contributed by atoms with E-state index in [2.05, 4.69) is 45.0 Å². The third-order valence-corrected chi connectivity index (χ3v) is 3.07. The number of carbonyl (C=O) groups is 1. The van der Waals surface area contributed by atoms with E-state index in [1.165, 1.54) is 0 Å². The predicted octanol–water partition coefficient (Wildman–Crippen LogP) is 2.16. The second-order valence-corrected chi connectivity index (χ2v) is 5.74. The number of amides is 1. The van der Waals surface area contributed by atoms with E-state index >= 15 is 0 Å². The number of hydrogen-bond donors (Lipinski definition) is 1. The third-order valence-electron chi connectivity index (χ3n) is 2.63. The molecule has 0 saturated carbocycles. The van der Waals surface area contributed by atoms with Crippen LogP contribution in [0.3, 0.4) is 0 Å². The minimum Gasteiger partial charge on any atom is -0.346 e. The van der Waals surface area contributed by atoms with Crippen molar-refractivity contribution in [3.05, 3.63) is 28.5 Å². The van der Waals surface area contributed by atoms with E-state index in [4.69, 9.17) is 0 Å². The molecule has 4 nitrogen and oxygen atoms in total. The van der Waals surface area contributed by atoms with E-state index in [1.54, 1.807) is 12.1 Å². The van der Waals surface area contributed by atoms with E-state index in [9.17, 15) is 4.79 Å². The van der Waals surface area contributed by atoms with Crippen molar-refractivity contribution in [2.45, 2.75) is 19.9 Å². The quantitative estimate of drug-likeness (QED) is 0.847. The Kier molecular flexibility index (Phi) is 5.75. The molecular formula is C13H20BrN3O. The summed E-state index contributed by atoms with van der Waals surface area (Å²) in [6, 6.07) is 5.44. The van der Waals surface area contributed by atoms with Crippen molar-refractivity contribution in [1.29, 1.82) is 0 Å². The Morgan fingerprint density at radius 3 is 2.61 bits per heavy atom. The highest BCUT2D eigenvalue weighted by Gasteiger charge is 2.18. The van der Waals surface area contributed by atoms with Crippen LogP contribution in [0.5, 0.6) is 0 Å². The molecule has 100 valence electrons. The summed E-state index contributed by atoms with van der Waals surface area (Å²) in [6.45, 7) is 5.02. The number of nitrogens with zero attached hydrogens (tertiary/aromatic N) is 2. The summed E-state index contributed by atoms with van der Waals surface area (Å²) in [7, 11) is 4.00. The molecule has 1 unspecified atom stereocenters. The van der Waals surface area contributed by atoms with Gasteiger partial charge in [0.2, 0.25) is 0 Å². The van der Waals surface area contributed by atoms with Gasteiger partial charge in [0, 0.05) is 12.6 Å². The van der Waals surface area contributed by atoms with Crippen molar-refractivity contribution in [3.63, 3.8) is 0 Å². The predicted molar refractivity (Wildman–Crippen MR) is 76.6 cm³/mol. The molecule has 1 atom stereocenters. The molecule has 0 aliphatic rings. The third kappa shape index (κ3) is 4.74. The number of pyridine rings is 1. The van der Waals surface area contributed by atoms with Crippen LogP contribution in [0.1, 0.15) is 24.3 Å². The molecule has 5 heteroatoms. The molecule has 1 aromatic rings. The molecule has 0 bridgehead atoms. The van der Waals surface area contributed by atoms with Crippen molar-refractivity contribution in [2.24, 2.45) is 5.92 Å². The average molecular weight is 314 g/mol. The van der Waals surface area contributed by atoms with E-state index < -0.39 is 0 Å². The Hall–Kier alpha value is -0.940. The van der Waals surface area contributed by atoms with Gasteiger partial charge in [0.15, 0.2) is 0 Å². The first-order chi connectivity index (χ1) is 8.40. The highest BCUT2D eigenvalue weighted by molar-refractivity contribution is 9.10. The zero-order valence-corrected chi connectivity index (χ0v) is 12.9. The summed E-state index contributed by atoms with van der Waals surface area (Å²) in [5.41, 5.74) is 0.439. The highest BCUT2D eigenvalue weighted by Crippen LogP contribution is 2.08. The summed E-state index contributed by atoms with van der Waals surface area (Å²) >= 11 is 3.27. The van der Waals surface area contributed by atoms with Gasteiger partial charge in [0.25, 0.3) is 5.91 Å². The van der Waals surface area contributed by atoms with Crippen LogP contribution in [0, 0.1) is 5.92 Å². The summed E-state index contributed by atoms with van der Waals surface area (Å²) in [5.74, 6) is 0.250.